The van der Waals surface area contributed by atoms with Crippen molar-refractivity contribution >= 4 is 60.6 Å². The molecular formula is C24H18Br2N2O3. The molecule has 0 bridgehead atoms. The van der Waals surface area contributed by atoms with Gasteiger partial charge in [-0.25, -0.2) is 4.79 Å². The van der Waals surface area contributed by atoms with Gasteiger partial charge >= 0.3 is 6.03 Å². The molecule has 0 aromatic heterocycles. The van der Waals surface area contributed by atoms with Crippen LogP contribution in [0.25, 0.3) is 16.8 Å². The largest absolute Gasteiger partial charge is 0.487 e. The number of nitrogens with zero attached hydrogens (tertiary/aromatic N) is 1. The molecule has 3 aromatic rings. The van der Waals surface area contributed by atoms with Crippen LogP contribution in [0.15, 0.2) is 81.9 Å². The predicted molar refractivity (Wildman–Crippen MR) is 129 cm³/mol. The Morgan fingerprint density at radius 1 is 1.00 bits per heavy atom. The number of carbonyl (C=O) groups is 2. The van der Waals surface area contributed by atoms with Gasteiger partial charge in [0.05, 0.1) is 8.95 Å². The van der Waals surface area contributed by atoms with Gasteiger partial charge in [0.15, 0.2) is 0 Å². The number of amides is 3. The maximum Gasteiger partial charge on any atom is 0.329 e. The number of urea groups is 1. The second-order valence-corrected chi connectivity index (χ2v) is 8.69. The highest BCUT2D eigenvalue weighted by Gasteiger charge is 2.32. The fourth-order valence-electron chi connectivity index (χ4n) is 3.32. The van der Waals surface area contributed by atoms with Crippen LogP contribution < -0.4 is 10.1 Å². The summed E-state index contributed by atoms with van der Waals surface area (Å²) in [6, 6.07) is 17.6. The van der Waals surface area contributed by atoms with Crippen LogP contribution in [0.1, 0.15) is 11.1 Å². The molecule has 0 aliphatic carbocycles. The summed E-state index contributed by atoms with van der Waals surface area (Å²) in [5, 5.41) is 4.94. The molecule has 1 saturated heterocycles. The summed E-state index contributed by atoms with van der Waals surface area (Å²) in [6.07, 6.45) is 3.14. The minimum Gasteiger partial charge on any atom is -0.487 e. The average molecular weight is 542 g/mol. The van der Waals surface area contributed by atoms with Gasteiger partial charge in [-0.1, -0.05) is 42.5 Å². The normalized spacial score (nSPS) is 14.9. The Morgan fingerprint density at radius 2 is 1.71 bits per heavy atom. The van der Waals surface area contributed by atoms with Gasteiger partial charge in [0.25, 0.3) is 5.91 Å². The van der Waals surface area contributed by atoms with Crippen LogP contribution in [0.2, 0.25) is 0 Å². The first kappa shape index (κ1) is 21.3. The van der Waals surface area contributed by atoms with Crippen LogP contribution in [0, 0.1) is 0 Å². The number of ether oxygens (including phenoxy) is 1. The lowest BCUT2D eigenvalue weighted by Crippen LogP contribution is -2.30. The Kier molecular flexibility index (Phi) is 6.25. The van der Waals surface area contributed by atoms with E-state index >= 15 is 0 Å². The van der Waals surface area contributed by atoms with Crippen LogP contribution in [0.3, 0.4) is 0 Å². The van der Waals surface area contributed by atoms with Crippen LogP contribution in [-0.4, -0.2) is 23.4 Å². The van der Waals surface area contributed by atoms with Crippen LogP contribution in [-0.2, 0) is 11.4 Å². The molecule has 5 nitrogen and oxygen atoms in total. The Labute approximate surface area is 196 Å². The summed E-state index contributed by atoms with van der Waals surface area (Å²) < 4.78 is 7.51. The fourth-order valence-corrected chi connectivity index (χ4v) is 4.77. The lowest BCUT2D eigenvalue weighted by molar-refractivity contribution is -0.122. The Bertz CT molecular complexity index is 1210. The number of imide groups is 1. The first-order valence-electron chi connectivity index (χ1n) is 9.51. The molecule has 1 fully saturated rings. The summed E-state index contributed by atoms with van der Waals surface area (Å²) in [5.74, 6) is 0.277. The Balaban J connectivity index is 1.52. The van der Waals surface area contributed by atoms with Crippen LogP contribution >= 0.6 is 31.9 Å². The van der Waals surface area contributed by atoms with Gasteiger partial charge in [-0.05, 0) is 78.0 Å². The van der Waals surface area contributed by atoms with Crippen LogP contribution in [0.4, 0.5) is 4.79 Å². The number of hydrogen-bond donors (Lipinski definition) is 1. The lowest BCUT2D eigenvalue weighted by Gasteiger charge is -2.12. The highest BCUT2D eigenvalue weighted by atomic mass is 79.9. The third kappa shape index (κ3) is 4.57. The number of fused-ring (bicyclic) bond motifs is 1. The van der Waals surface area contributed by atoms with Gasteiger partial charge in [-0.3, -0.25) is 9.69 Å². The zero-order chi connectivity index (χ0) is 22.0. The highest BCUT2D eigenvalue weighted by Crippen LogP contribution is 2.36. The van der Waals surface area contributed by atoms with Gasteiger partial charge in [0.2, 0.25) is 0 Å². The number of carbonyl (C=O) groups excluding carboxylic acids is 2. The quantitative estimate of drug-likeness (QED) is 0.236. The van der Waals surface area contributed by atoms with Gasteiger partial charge < -0.3 is 10.1 Å². The van der Waals surface area contributed by atoms with Gasteiger partial charge in [-0.15, -0.1) is 6.58 Å². The second-order valence-electron chi connectivity index (χ2n) is 6.98. The number of nitrogens with one attached hydrogen (secondary N) is 1. The van der Waals surface area contributed by atoms with E-state index in [0.29, 0.717) is 12.4 Å². The molecule has 0 saturated carbocycles. The predicted octanol–water partition coefficient (Wildman–Crippen LogP) is 6.02. The lowest BCUT2D eigenvalue weighted by atomic mass is 10.1. The molecular weight excluding hydrogens is 524 g/mol. The van der Waals surface area contributed by atoms with Crippen molar-refractivity contribution in [1.82, 2.24) is 10.2 Å². The summed E-state index contributed by atoms with van der Waals surface area (Å²) in [6.45, 7) is 4.14. The molecule has 1 N–H and O–H groups in total. The molecule has 31 heavy (non-hydrogen) atoms. The number of hydrogen-bond acceptors (Lipinski definition) is 3. The molecule has 0 radical (unpaired) electrons. The zero-order valence-corrected chi connectivity index (χ0v) is 19.6. The number of rotatable bonds is 6. The van der Waals surface area contributed by atoms with Gasteiger partial charge in [-0.2, -0.15) is 0 Å². The smallest absolute Gasteiger partial charge is 0.329 e. The maximum absolute atomic E-state index is 12.4. The van der Waals surface area contributed by atoms with Crippen molar-refractivity contribution in [1.29, 1.82) is 0 Å². The summed E-state index contributed by atoms with van der Waals surface area (Å²) in [7, 11) is 0. The first-order valence-corrected chi connectivity index (χ1v) is 11.1. The molecule has 1 aliphatic rings. The van der Waals surface area contributed by atoms with E-state index in [1.165, 1.54) is 11.5 Å². The highest BCUT2D eigenvalue weighted by molar-refractivity contribution is 9.11. The molecule has 1 heterocycles. The summed E-state index contributed by atoms with van der Waals surface area (Å²) in [4.78, 5) is 25.4. The third-order valence-corrected chi connectivity index (χ3v) is 5.98. The molecule has 3 aromatic carbocycles. The van der Waals surface area contributed by atoms with Gasteiger partial charge in [0, 0.05) is 6.54 Å². The standard InChI is InChI=1S/C24H18Br2N2O3/c1-2-9-28-23(29)21(27-24(28)30)13-16-11-19(25)22(20(26)12-16)31-14-15-7-8-17-5-3-4-6-18(17)10-15/h2-8,10-13H,1,9,14H2,(H,27,30)/b21-13+. The monoisotopic (exact) mass is 540 g/mol. The van der Waals surface area contributed by atoms with E-state index in [1.54, 1.807) is 6.08 Å². The second kappa shape index (κ2) is 9.08. The van der Waals surface area contributed by atoms with Crippen molar-refractivity contribution in [2.45, 2.75) is 6.61 Å². The Hall–Kier alpha value is -2.90. The minimum absolute atomic E-state index is 0.164. The van der Waals surface area contributed by atoms with E-state index < -0.39 is 6.03 Å². The van der Waals surface area contributed by atoms with E-state index in [1.807, 2.05) is 30.3 Å². The first-order chi connectivity index (χ1) is 15.0. The summed E-state index contributed by atoms with van der Waals surface area (Å²) in [5.41, 5.74) is 2.02. The third-order valence-electron chi connectivity index (χ3n) is 4.80. The van der Waals surface area contributed by atoms with Crippen molar-refractivity contribution in [2.75, 3.05) is 6.54 Å². The van der Waals surface area contributed by atoms with E-state index in [-0.39, 0.29) is 18.1 Å². The molecule has 0 spiro atoms. The average Bonchev–Trinajstić information content (AvgIpc) is 3.00. The minimum atomic E-state index is -0.454. The molecule has 7 heteroatoms. The van der Waals surface area contributed by atoms with Crippen molar-refractivity contribution in [3.8, 4) is 5.75 Å². The topological polar surface area (TPSA) is 58.6 Å². The van der Waals surface area contributed by atoms with Crippen molar-refractivity contribution in [3.63, 3.8) is 0 Å². The van der Waals surface area contributed by atoms with E-state index in [9.17, 15) is 9.59 Å². The fraction of sp³-hybridized carbons (Fsp3) is 0.0833. The van der Waals surface area contributed by atoms with Crippen molar-refractivity contribution in [3.05, 3.63) is 93.0 Å². The molecule has 4 rings (SSSR count). The van der Waals surface area contributed by atoms with E-state index in [0.717, 1.165) is 30.4 Å². The Morgan fingerprint density at radius 3 is 2.42 bits per heavy atom. The molecule has 1 aliphatic heterocycles. The van der Waals surface area contributed by atoms with Crippen molar-refractivity contribution < 1.29 is 14.3 Å². The number of halogens is 2. The molecule has 156 valence electrons. The maximum atomic E-state index is 12.4. The molecule has 3 amide bonds. The van der Waals surface area contributed by atoms with Gasteiger partial charge in [0.1, 0.15) is 18.1 Å². The SMILES string of the molecule is C=CCN1C(=O)N/C(=C/c2cc(Br)c(OCc3ccc4ccccc4c3)c(Br)c2)C1=O. The van der Waals surface area contributed by atoms with E-state index in [4.69, 9.17) is 4.74 Å². The summed E-state index contributed by atoms with van der Waals surface area (Å²) >= 11 is 7.09. The van der Waals surface area contributed by atoms with Crippen LogP contribution in [0.5, 0.6) is 5.75 Å². The van der Waals surface area contributed by atoms with E-state index in [2.05, 4.69) is 68.0 Å². The number of benzene rings is 3. The molecule has 0 unspecified atom stereocenters. The van der Waals surface area contributed by atoms with Crippen molar-refractivity contribution in [2.24, 2.45) is 0 Å². The molecule has 0 atom stereocenters. The zero-order valence-electron chi connectivity index (χ0n) is 16.4.